The van der Waals surface area contributed by atoms with E-state index in [4.69, 9.17) is 0 Å². The Morgan fingerprint density at radius 3 is 2.47 bits per heavy atom. The molecule has 8 nitrogen and oxygen atoms in total. The van der Waals surface area contributed by atoms with E-state index in [1.54, 1.807) is 19.1 Å². The van der Waals surface area contributed by atoms with Crippen LogP contribution in [0.5, 0.6) is 0 Å². The molecule has 1 fully saturated rings. The molecule has 2 aromatic rings. The Balaban J connectivity index is 1.64. The SMILES string of the molecule is CC(NC(=O)C1(NC(=O)NCc2ccccc2)CCCC1)c1cccc([N+](=O)[O-])c1. The quantitative estimate of drug-likeness (QED) is 0.478. The predicted octanol–water partition coefficient (Wildman–Crippen LogP) is 3.58. The van der Waals surface area contributed by atoms with E-state index in [1.807, 2.05) is 30.3 Å². The van der Waals surface area contributed by atoms with Gasteiger partial charge in [-0.2, -0.15) is 0 Å². The van der Waals surface area contributed by atoms with Gasteiger partial charge in [0.15, 0.2) is 0 Å². The minimum absolute atomic E-state index is 0.0254. The fourth-order valence-corrected chi connectivity index (χ4v) is 3.75. The molecule has 3 N–H and O–H groups in total. The monoisotopic (exact) mass is 410 g/mol. The van der Waals surface area contributed by atoms with E-state index in [0.29, 0.717) is 24.9 Å². The Morgan fingerprint density at radius 1 is 1.10 bits per heavy atom. The second-order valence-corrected chi connectivity index (χ2v) is 7.63. The lowest BCUT2D eigenvalue weighted by Gasteiger charge is -2.30. The van der Waals surface area contributed by atoms with Gasteiger partial charge < -0.3 is 16.0 Å². The Hall–Kier alpha value is -3.42. The number of non-ortho nitro benzene ring substituents is 1. The first-order valence-electron chi connectivity index (χ1n) is 10.0. The van der Waals surface area contributed by atoms with Gasteiger partial charge in [0.2, 0.25) is 5.91 Å². The number of amides is 3. The van der Waals surface area contributed by atoms with Crippen molar-refractivity contribution in [2.45, 2.75) is 50.7 Å². The van der Waals surface area contributed by atoms with Crippen LogP contribution in [-0.2, 0) is 11.3 Å². The molecule has 1 aliphatic carbocycles. The Morgan fingerprint density at radius 2 is 1.80 bits per heavy atom. The zero-order valence-electron chi connectivity index (χ0n) is 16.9. The standard InChI is InChI=1S/C22H26N4O4/c1-16(18-10-7-11-19(14-18)26(29)30)24-20(27)22(12-5-6-13-22)25-21(28)23-15-17-8-3-2-4-9-17/h2-4,7-11,14,16H,5-6,12-13,15H2,1H3,(H,24,27)(H2,23,25,28). The summed E-state index contributed by atoms with van der Waals surface area (Å²) in [5, 5.41) is 19.6. The maximum absolute atomic E-state index is 13.1. The number of benzene rings is 2. The maximum Gasteiger partial charge on any atom is 0.315 e. The lowest BCUT2D eigenvalue weighted by molar-refractivity contribution is -0.384. The number of urea groups is 1. The van der Waals surface area contributed by atoms with Crippen molar-refractivity contribution in [1.82, 2.24) is 16.0 Å². The molecule has 0 heterocycles. The largest absolute Gasteiger partial charge is 0.348 e. The van der Waals surface area contributed by atoms with Gasteiger partial charge in [-0.15, -0.1) is 0 Å². The maximum atomic E-state index is 13.1. The third-order valence-corrected chi connectivity index (χ3v) is 5.47. The van der Waals surface area contributed by atoms with E-state index in [9.17, 15) is 19.7 Å². The van der Waals surface area contributed by atoms with Gasteiger partial charge in [0.05, 0.1) is 11.0 Å². The van der Waals surface area contributed by atoms with E-state index in [-0.39, 0.29) is 17.6 Å². The van der Waals surface area contributed by atoms with Crippen LogP contribution in [0.4, 0.5) is 10.5 Å². The summed E-state index contributed by atoms with van der Waals surface area (Å²) >= 11 is 0. The van der Waals surface area contributed by atoms with Crippen molar-refractivity contribution < 1.29 is 14.5 Å². The zero-order chi connectivity index (χ0) is 21.6. The molecule has 0 bridgehead atoms. The Labute approximate surface area is 175 Å². The van der Waals surface area contributed by atoms with Gasteiger partial charge in [0, 0.05) is 18.7 Å². The van der Waals surface area contributed by atoms with E-state index < -0.39 is 16.5 Å². The summed E-state index contributed by atoms with van der Waals surface area (Å²) in [6, 6.07) is 14.9. The predicted molar refractivity (Wildman–Crippen MR) is 113 cm³/mol. The molecule has 158 valence electrons. The van der Waals surface area contributed by atoms with Crippen molar-refractivity contribution in [2.24, 2.45) is 0 Å². The van der Waals surface area contributed by atoms with Crippen LogP contribution >= 0.6 is 0 Å². The highest BCUT2D eigenvalue weighted by Crippen LogP contribution is 2.31. The number of nitro benzene ring substituents is 1. The molecule has 1 unspecified atom stereocenters. The second kappa shape index (κ2) is 9.39. The average molecular weight is 410 g/mol. The summed E-state index contributed by atoms with van der Waals surface area (Å²) in [6.45, 7) is 2.14. The molecule has 30 heavy (non-hydrogen) atoms. The van der Waals surface area contributed by atoms with E-state index in [2.05, 4.69) is 16.0 Å². The average Bonchev–Trinajstić information content (AvgIpc) is 3.22. The number of nitrogens with one attached hydrogen (secondary N) is 3. The van der Waals surface area contributed by atoms with E-state index in [0.717, 1.165) is 18.4 Å². The summed E-state index contributed by atoms with van der Waals surface area (Å²) in [6.07, 6.45) is 2.80. The summed E-state index contributed by atoms with van der Waals surface area (Å²) < 4.78 is 0. The third kappa shape index (κ3) is 5.14. The normalized spacial score (nSPS) is 15.8. The number of carbonyl (C=O) groups excluding carboxylic acids is 2. The van der Waals surface area contributed by atoms with Crippen LogP contribution in [0, 0.1) is 10.1 Å². The summed E-state index contributed by atoms with van der Waals surface area (Å²) in [4.78, 5) is 36.1. The van der Waals surface area contributed by atoms with Gasteiger partial charge in [-0.25, -0.2) is 4.79 Å². The molecular formula is C22H26N4O4. The van der Waals surface area contributed by atoms with Crippen molar-refractivity contribution in [3.63, 3.8) is 0 Å². The highest BCUT2D eigenvalue weighted by atomic mass is 16.6. The molecule has 0 spiro atoms. The van der Waals surface area contributed by atoms with Crippen molar-refractivity contribution in [2.75, 3.05) is 0 Å². The van der Waals surface area contributed by atoms with Crippen LogP contribution in [0.25, 0.3) is 0 Å². The number of rotatable bonds is 7. The second-order valence-electron chi connectivity index (χ2n) is 7.63. The molecular weight excluding hydrogens is 384 g/mol. The van der Waals surface area contributed by atoms with Crippen LogP contribution in [0.15, 0.2) is 54.6 Å². The van der Waals surface area contributed by atoms with Gasteiger partial charge in [-0.3, -0.25) is 14.9 Å². The van der Waals surface area contributed by atoms with Crippen LogP contribution in [0.1, 0.15) is 49.8 Å². The Bertz CT molecular complexity index is 910. The molecule has 2 aromatic carbocycles. The minimum atomic E-state index is -0.976. The fourth-order valence-electron chi connectivity index (χ4n) is 3.75. The number of nitro groups is 1. The molecule has 1 atom stereocenters. The molecule has 0 aromatic heterocycles. The Kier molecular flexibility index (Phi) is 6.66. The molecule has 1 aliphatic rings. The van der Waals surface area contributed by atoms with Crippen LogP contribution in [0.3, 0.4) is 0 Å². The van der Waals surface area contributed by atoms with E-state index in [1.165, 1.54) is 12.1 Å². The topological polar surface area (TPSA) is 113 Å². The number of hydrogen-bond donors (Lipinski definition) is 3. The first-order valence-corrected chi connectivity index (χ1v) is 10.0. The summed E-state index contributed by atoms with van der Waals surface area (Å²) in [5.74, 6) is -0.270. The van der Waals surface area contributed by atoms with Gasteiger partial charge in [-0.05, 0) is 30.9 Å². The van der Waals surface area contributed by atoms with Crippen LogP contribution in [0.2, 0.25) is 0 Å². The lowest BCUT2D eigenvalue weighted by Crippen LogP contribution is -2.59. The van der Waals surface area contributed by atoms with Crippen molar-refractivity contribution in [3.8, 4) is 0 Å². The molecule has 8 heteroatoms. The van der Waals surface area contributed by atoms with E-state index >= 15 is 0 Å². The molecule has 3 amide bonds. The first kappa shape index (κ1) is 21.3. The van der Waals surface area contributed by atoms with Crippen LogP contribution < -0.4 is 16.0 Å². The smallest absolute Gasteiger partial charge is 0.315 e. The number of nitrogens with zero attached hydrogens (tertiary/aromatic N) is 1. The first-order chi connectivity index (χ1) is 14.4. The molecule has 0 radical (unpaired) electrons. The lowest BCUT2D eigenvalue weighted by atomic mass is 9.95. The number of hydrogen-bond acceptors (Lipinski definition) is 4. The molecule has 1 saturated carbocycles. The molecule has 0 saturated heterocycles. The van der Waals surface area contributed by atoms with Gasteiger partial charge in [-0.1, -0.05) is 55.3 Å². The molecule has 0 aliphatic heterocycles. The van der Waals surface area contributed by atoms with Gasteiger partial charge in [0.1, 0.15) is 5.54 Å². The fraction of sp³-hybridized carbons (Fsp3) is 0.364. The zero-order valence-corrected chi connectivity index (χ0v) is 16.9. The molecule has 3 rings (SSSR count). The van der Waals surface area contributed by atoms with Gasteiger partial charge in [0.25, 0.3) is 5.69 Å². The van der Waals surface area contributed by atoms with Crippen molar-refractivity contribution in [3.05, 3.63) is 75.8 Å². The van der Waals surface area contributed by atoms with Crippen LogP contribution in [-0.4, -0.2) is 22.4 Å². The van der Waals surface area contributed by atoms with Gasteiger partial charge >= 0.3 is 6.03 Å². The highest BCUT2D eigenvalue weighted by molar-refractivity contribution is 5.91. The van der Waals surface area contributed by atoms with Crippen molar-refractivity contribution >= 4 is 17.6 Å². The summed E-state index contributed by atoms with van der Waals surface area (Å²) in [5.41, 5.74) is 0.606. The third-order valence-electron chi connectivity index (χ3n) is 5.47. The summed E-state index contributed by atoms with van der Waals surface area (Å²) in [7, 11) is 0. The highest BCUT2D eigenvalue weighted by Gasteiger charge is 2.43. The number of carbonyl (C=O) groups is 2. The van der Waals surface area contributed by atoms with Crippen molar-refractivity contribution in [1.29, 1.82) is 0 Å². The minimum Gasteiger partial charge on any atom is -0.348 e.